The van der Waals surface area contributed by atoms with Crippen molar-refractivity contribution in [3.8, 4) is 0 Å². The maximum absolute atomic E-state index is 12.3. The van der Waals surface area contributed by atoms with Gasteiger partial charge in [-0.05, 0) is 56.8 Å². The second-order valence-electron chi connectivity index (χ2n) is 7.02. The molecule has 3 heteroatoms. The van der Waals surface area contributed by atoms with Gasteiger partial charge in [0.15, 0.2) is 0 Å². The zero-order chi connectivity index (χ0) is 12.8. The second-order valence-corrected chi connectivity index (χ2v) is 7.02. The van der Waals surface area contributed by atoms with Crippen molar-refractivity contribution in [2.45, 2.75) is 57.5 Å². The summed E-state index contributed by atoms with van der Waals surface area (Å²) < 4.78 is 0. The first-order valence-electron chi connectivity index (χ1n) is 7.54. The highest BCUT2D eigenvalue weighted by atomic mass is 16.3. The third kappa shape index (κ3) is 2.42. The van der Waals surface area contributed by atoms with Crippen LogP contribution in [-0.2, 0) is 4.79 Å². The highest BCUT2D eigenvalue weighted by molar-refractivity contribution is 5.76. The Hall–Kier alpha value is -0.570. The minimum atomic E-state index is -0.552. The number of piperidine rings is 1. The number of hydrogen-bond donors (Lipinski definition) is 1. The van der Waals surface area contributed by atoms with E-state index in [0.29, 0.717) is 11.8 Å². The molecule has 1 N–H and O–H groups in total. The average Bonchev–Trinajstić information content (AvgIpc) is 2.90. The van der Waals surface area contributed by atoms with E-state index in [4.69, 9.17) is 0 Å². The molecule has 0 aromatic carbocycles. The molecule has 3 fully saturated rings. The highest BCUT2D eigenvalue weighted by Crippen LogP contribution is 2.49. The first-order valence-corrected chi connectivity index (χ1v) is 7.54. The lowest BCUT2D eigenvalue weighted by Gasteiger charge is -2.36. The maximum Gasteiger partial charge on any atom is 0.222 e. The maximum atomic E-state index is 12.3. The molecule has 0 spiro atoms. The van der Waals surface area contributed by atoms with E-state index in [1.54, 1.807) is 0 Å². The van der Waals surface area contributed by atoms with Crippen molar-refractivity contribution in [1.29, 1.82) is 0 Å². The van der Waals surface area contributed by atoms with Gasteiger partial charge < -0.3 is 10.0 Å². The summed E-state index contributed by atoms with van der Waals surface area (Å²) in [4.78, 5) is 14.3. The van der Waals surface area contributed by atoms with Crippen LogP contribution in [0, 0.1) is 17.8 Å². The van der Waals surface area contributed by atoms with E-state index in [-0.39, 0.29) is 0 Å². The van der Waals surface area contributed by atoms with Gasteiger partial charge >= 0.3 is 0 Å². The Labute approximate surface area is 110 Å². The third-order valence-electron chi connectivity index (χ3n) is 5.51. The van der Waals surface area contributed by atoms with Gasteiger partial charge in [-0.2, -0.15) is 0 Å². The Morgan fingerprint density at radius 2 is 2.00 bits per heavy atom. The molecule has 18 heavy (non-hydrogen) atoms. The van der Waals surface area contributed by atoms with Crippen molar-refractivity contribution in [2.24, 2.45) is 17.8 Å². The summed E-state index contributed by atoms with van der Waals surface area (Å²) in [6.07, 6.45) is 7.67. The first kappa shape index (κ1) is 12.5. The van der Waals surface area contributed by atoms with Crippen LogP contribution in [0.25, 0.3) is 0 Å². The summed E-state index contributed by atoms with van der Waals surface area (Å²) >= 11 is 0. The lowest BCUT2D eigenvalue weighted by atomic mass is 9.85. The van der Waals surface area contributed by atoms with E-state index < -0.39 is 5.60 Å². The van der Waals surface area contributed by atoms with Crippen LogP contribution < -0.4 is 0 Å². The smallest absolute Gasteiger partial charge is 0.222 e. The predicted octanol–water partition coefficient (Wildman–Crippen LogP) is 2.19. The van der Waals surface area contributed by atoms with Gasteiger partial charge in [-0.25, -0.2) is 0 Å². The molecule has 3 aliphatic rings. The van der Waals surface area contributed by atoms with Crippen LogP contribution in [0.4, 0.5) is 0 Å². The third-order valence-corrected chi connectivity index (χ3v) is 5.51. The molecular weight excluding hydrogens is 226 g/mol. The van der Waals surface area contributed by atoms with Crippen LogP contribution >= 0.6 is 0 Å². The Morgan fingerprint density at radius 3 is 2.56 bits per heavy atom. The molecule has 3 nitrogen and oxygen atoms in total. The van der Waals surface area contributed by atoms with Crippen molar-refractivity contribution in [2.75, 3.05) is 13.1 Å². The average molecular weight is 251 g/mol. The van der Waals surface area contributed by atoms with Crippen molar-refractivity contribution in [3.05, 3.63) is 0 Å². The summed E-state index contributed by atoms with van der Waals surface area (Å²) in [6.45, 7) is 3.37. The lowest BCUT2D eigenvalue weighted by molar-refractivity contribution is -0.136. The summed E-state index contributed by atoms with van der Waals surface area (Å²) in [5, 5.41) is 9.91. The fourth-order valence-electron chi connectivity index (χ4n) is 4.22. The van der Waals surface area contributed by atoms with E-state index in [1.807, 2.05) is 11.8 Å². The molecule has 1 amide bonds. The molecule has 0 aromatic rings. The van der Waals surface area contributed by atoms with Crippen LogP contribution in [0.2, 0.25) is 0 Å². The zero-order valence-corrected chi connectivity index (χ0v) is 11.4. The summed E-state index contributed by atoms with van der Waals surface area (Å²) in [5.41, 5.74) is -0.552. The van der Waals surface area contributed by atoms with Gasteiger partial charge in [0.25, 0.3) is 0 Å². The summed E-state index contributed by atoms with van der Waals surface area (Å²) in [7, 11) is 0. The minimum absolute atomic E-state index is 0.336. The predicted molar refractivity (Wildman–Crippen MR) is 70.0 cm³/mol. The summed E-state index contributed by atoms with van der Waals surface area (Å²) in [5.74, 6) is 2.77. The minimum Gasteiger partial charge on any atom is -0.390 e. The fourth-order valence-corrected chi connectivity index (χ4v) is 4.22. The normalized spacial score (nSPS) is 38.1. The van der Waals surface area contributed by atoms with Gasteiger partial charge in [-0.1, -0.05) is 6.42 Å². The molecule has 0 radical (unpaired) electrons. The SMILES string of the molecule is CC1(O)CCN(C(=O)CC2CC3CCC2C3)CC1. The Balaban J connectivity index is 1.50. The monoisotopic (exact) mass is 251 g/mol. The number of fused-ring (bicyclic) bond motifs is 2. The van der Waals surface area contributed by atoms with Gasteiger partial charge in [-0.15, -0.1) is 0 Å². The molecule has 1 heterocycles. The molecule has 3 unspecified atom stereocenters. The van der Waals surface area contributed by atoms with Crippen molar-refractivity contribution < 1.29 is 9.90 Å². The van der Waals surface area contributed by atoms with Crippen LogP contribution in [0.1, 0.15) is 51.9 Å². The summed E-state index contributed by atoms with van der Waals surface area (Å²) in [6, 6.07) is 0. The van der Waals surface area contributed by atoms with E-state index >= 15 is 0 Å². The molecule has 0 aromatic heterocycles. The Bertz CT molecular complexity index is 329. The van der Waals surface area contributed by atoms with Gasteiger partial charge in [0.2, 0.25) is 5.91 Å². The highest BCUT2D eigenvalue weighted by Gasteiger charge is 2.41. The Kier molecular flexibility index (Phi) is 3.13. The Morgan fingerprint density at radius 1 is 1.28 bits per heavy atom. The molecule has 102 valence electrons. The molecule has 2 aliphatic carbocycles. The molecule has 1 aliphatic heterocycles. The first-order chi connectivity index (χ1) is 8.53. The van der Waals surface area contributed by atoms with Crippen molar-refractivity contribution >= 4 is 5.91 Å². The number of rotatable bonds is 2. The van der Waals surface area contributed by atoms with Crippen LogP contribution in [-0.4, -0.2) is 34.6 Å². The molecule has 2 bridgehead atoms. The van der Waals surface area contributed by atoms with E-state index in [2.05, 4.69) is 0 Å². The number of carbonyl (C=O) groups is 1. The molecular formula is C15H25NO2. The van der Waals surface area contributed by atoms with E-state index in [9.17, 15) is 9.90 Å². The number of hydrogen-bond acceptors (Lipinski definition) is 2. The number of carbonyl (C=O) groups excluding carboxylic acids is 1. The van der Waals surface area contributed by atoms with E-state index in [0.717, 1.165) is 44.2 Å². The van der Waals surface area contributed by atoms with Crippen molar-refractivity contribution in [3.63, 3.8) is 0 Å². The number of nitrogens with zero attached hydrogens (tertiary/aromatic N) is 1. The van der Waals surface area contributed by atoms with E-state index in [1.165, 1.54) is 25.7 Å². The molecule has 2 saturated carbocycles. The van der Waals surface area contributed by atoms with Gasteiger partial charge in [-0.3, -0.25) is 4.79 Å². The number of likely N-dealkylation sites (tertiary alicyclic amines) is 1. The topological polar surface area (TPSA) is 40.5 Å². The molecule has 3 atom stereocenters. The van der Waals surface area contributed by atoms with Crippen LogP contribution in [0.3, 0.4) is 0 Å². The lowest BCUT2D eigenvalue weighted by Crippen LogP contribution is -2.45. The molecule has 3 rings (SSSR count). The van der Waals surface area contributed by atoms with Crippen molar-refractivity contribution in [1.82, 2.24) is 4.90 Å². The fraction of sp³-hybridized carbons (Fsp3) is 0.933. The zero-order valence-electron chi connectivity index (χ0n) is 11.4. The molecule has 1 saturated heterocycles. The number of amides is 1. The van der Waals surface area contributed by atoms with Crippen LogP contribution in [0.5, 0.6) is 0 Å². The van der Waals surface area contributed by atoms with Crippen LogP contribution in [0.15, 0.2) is 0 Å². The standard InChI is InChI=1S/C15H25NO2/c1-15(18)4-6-16(7-5-15)14(17)10-13-9-11-2-3-12(13)8-11/h11-13,18H,2-10H2,1H3. The van der Waals surface area contributed by atoms with Gasteiger partial charge in [0.1, 0.15) is 0 Å². The quantitative estimate of drug-likeness (QED) is 0.817. The van der Waals surface area contributed by atoms with Gasteiger partial charge in [0, 0.05) is 19.5 Å². The second kappa shape index (κ2) is 4.52. The number of aliphatic hydroxyl groups is 1. The largest absolute Gasteiger partial charge is 0.390 e. The van der Waals surface area contributed by atoms with Gasteiger partial charge in [0.05, 0.1) is 5.60 Å².